The molecule has 1 amide bonds. The molecule has 0 aliphatic rings. The van der Waals surface area contributed by atoms with E-state index in [-0.39, 0.29) is 23.3 Å². The number of nitrogens with one attached hydrogen (secondary N) is 2. The van der Waals surface area contributed by atoms with E-state index in [2.05, 4.69) is 10.0 Å². The molecule has 170 valence electrons. The van der Waals surface area contributed by atoms with Crippen molar-refractivity contribution >= 4 is 33.4 Å². The van der Waals surface area contributed by atoms with E-state index < -0.39 is 10.0 Å². The number of carbonyl (C=O) groups is 1. The molecule has 0 aliphatic heterocycles. The van der Waals surface area contributed by atoms with Crippen molar-refractivity contribution in [1.29, 1.82) is 0 Å². The molecule has 8 nitrogen and oxygen atoms in total. The van der Waals surface area contributed by atoms with Crippen molar-refractivity contribution in [2.45, 2.75) is 30.2 Å². The van der Waals surface area contributed by atoms with Gasteiger partial charge in [0.05, 0.1) is 31.9 Å². The second-order valence-corrected chi connectivity index (χ2v) is 9.48. The minimum Gasteiger partial charge on any atom is -0.493 e. The van der Waals surface area contributed by atoms with Gasteiger partial charge in [-0.15, -0.1) is 11.8 Å². The minimum atomic E-state index is -3.84. The lowest BCUT2D eigenvalue weighted by molar-refractivity contribution is -0.118. The van der Waals surface area contributed by atoms with Gasteiger partial charge in [-0.1, -0.05) is 13.8 Å². The van der Waals surface area contributed by atoms with Gasteiger partial charge >= 0.3 is 0 Å². The summed E-state index contributed by atoms with van der Waals surface area (Å²) in [4.78, 5) is 12.9. The molecular weight excluding hydrogens is 440 g/mol. The zero-order valence-corrected chi connectivity index (χ0v) is 20.1. The van der Waals surface area contributed by atoms with Gasteiger partial charge in [0, 0.05) is 17.4 Å². The third kappa shape index (κ3) is 6.05. The highest BCUT2D eigenvalue weighted by Gasteiger charge is 2.19. The largest absolute Gasteiger partial charge is 0.493 e. The van der Waals surface area contributed by atoms with E-state index in [0.29, 0.717) is 28.5 Å². The summed E-state index contributed by atoms with van der Waals surface area (Å²) in [6.07, 6.45) is 1.86. The number of amides is 1. The monoisotopic (exact) mass is 468 g/mol. The average molecular weight is 469 g/mol. The summed E-state index contributed by atoms with van der Waals surface area (Å²) in [6.45, 7) is 3.55. The van der Waals surface area contributed by atoms with E-state index >= 15 is 0 Å². The molecule has 0 aromatic heterocycles. The van der Waals surface area contributed by atoms with Crippen LogP contribution in [-0.4, -0.2) is 41.9 Å². The van der Waals surface area contributed by atoms with E-state index in [9.17, 15) is 13.2 Å². The first-order valence-electron chi connectivity index (χ1n) is 9.44. The summed E-state index contributed by atoms with van der Waals surface area (Å²) in [7, 11) is 0.640. The van der Waals surface area contributed by atoms with Gasteiger partial charge in [-0.25, -0.2) is 13.1 Å². The van der Waals surface area contributed by atoms with Gasteiger partial charge in [-0.2, -0.15) is 0 Å². The fourth-order valence-corrected chi connectivity index (χ4v) is 4.31. The Kier molecular flexibility index (Phi) is 8.60. The Hall–Kier alpha value is -2.43. The molecule has 0 bridgehead atoms. The Morgan fingerprint density at radius 1 is 1.03 bits per heavy atom. The van der Waals surface area contributed by atoms with Crippen molar-refractivity contribution < 1.29 is 27.4 Å². The Labute approximate surface area is 187 Å². The number of thioether (sulfide) groups is 1. The van der Waals surface area contributed by atoms with Crippen LogP contribution in [-0.2, 0) is 21.4 Å². The number of sulfonamides is 1. The number of hydrogen-bond acceptors (Lipinski definition) is 7. The van der Waals surface area contributed by atoms with Crippen LogP contribution in [0.2, 0.25) is 0 Å². The first kappa shape index (κ1) is 24.8. The van der Waals surface area contributed by atoms with Crippen molar-refractivity contribution in [2.24, 2.45) is 5.92 Å². The van der Waals surface area contributed by atoms with Crippen LogP contribution in [0.1, 0.15) is 19.4 Å². The minimum absolute atomic E-state index is 0.0109. The van der Waals surface area contributed by atoms with Crippen molar-refractivity contribution in [2.75, 3.05) is 32.9 Å². The predicted molar refractivity (Wildman–Crippen MR) is 122 cm³/mol. The maximum atomic E-state index is 12.9. The van der Waals surface area contributed by atoms with E-state index in [1.54, 1.807) is 32.0 Å². The topological polar surface area (TPSA) is 103 Å². The number of hydrogen-bond donors (Lipinski definition) is 2. The lowest BCUT2D eigenvalue weighted by Crippen LogP contribution is -2.24. The SMILES string of the molecule is COc1cc(CNS(=O)(=O)c2ccc(SC)c(NC(=O)C(C)C)c2)cc(OC)c1OC. The summed E-state index contributed by atoms with van der Waals surface area (Å²) in [5.74, 6) is 0.872. The zero-order chi connectivity index (χ0) is 23.2. The highest BCUT2D eigenvalue weighted by molar-refractivity contribution is 7.98. The number of rotatable bonds is 10. The smallest absolute Gasteiger partial charge is 0.240 e. The summed E-state index contributed by atoms with van der Waals surface area (Å²) >= 11 is 1.42. The fourth-order valence-electron chi connectivity index (χ4n) is 2.73. The van der Waals surface area contributed by atoms with E-state index in [0.717, 1.165) is 4.90 Å². The molecule has 0 radical (unpaired) electrons. The second-order valence-electron chi connectivity index (χ2n) is 6.86. The molecule has 0 spiro atoms. The van der Waals surface area contributed by atoms with Gasteiger partial charge in [0.1, 0.15) is 0 Å². The molecule has 0 heterocycles. The Morgan fingerprint density at radius 3 is 2.13 bits per heavy atom. The highest BCUT2D eigenvalue weighted by Crippen LogP contribution is 2.38. The van der Waals surface area contributed by atoms with Crippen LogP contribution in [0.25, 0.3) is 0 Å². The third-order valence-electron chi connectivity index (χ3n) is 4.45. The normalized spacial score (nSPS) is 11.3. The van der Waals surface area contributed by atoms with E-state index in [1.165, 1.54) is 45.2 Å². The van der Waals surface area contributed by atoms with Crippen LogP contribution < -0.4 is 24.2 Å². The molecule has 31 heavy (non-hydrogen) atoms. The number of benzene rings is 2. The van der Waals surface area contributed by atoms with Gasteiger partial charge < -0.3 is 19.5 Å². The second kappa shape index (κ2) is 10.7. The van der Waals surface area contributed by atoms with Crippen molar-refractivity contribution in [3.8, 4) is 17.2 Å². The van der Waals surface area contributed by atoms with Gasteiger partial charge in [0.15, 0.2) is 11.5 Å². The van der Waals surface area contributed by atoms with Gasteiger partial charge in [0.25, 0.3) is 0 Å². The van der Waals surface area contributed by atoms with Crippen molar-refractivity contribution in [3.63, 3.8) is 0 Å². The molecule has 2 N–H and O–H groups in total. The predicted octanol–water partition coefficient (Wildman–Crippen LogP) is 3.51. The lowest BCUT2D eigenvalue weighted by Gasteiger charge is -2.15. The zero-order valence-electron chi connectivity index (χ0n) is 18.4. The highest BCUT2D eigenvalue weighted by atomic mass is 32.2. The molecule has 2 rings (SSSR count). The molecule has 0 atom stereocenters. The summed E-state index contributed by atoms with van der Waals surface area (Å²) in [6, 6.07) is 8.00. The number of carbonyl (C=O) groups excluding carboxylic acids is 1. The van der Waals surface area contributed by atoms with Crippen molar-refractivity contribution in [1.82, 2.24) is 4.72 Å². The molecule has 0 saturated carbocycles. The van der Waals surface area contributed by atoms with Crippen LogP contribution in [0, 0.1) is 5.92 Å². The maximum absolute atomic E-state index is 12.9. The van der Waals surface area contributed by atoms with Gasteiger partial charge in [-0.3, -0.25) is 4.79 Å². The molecule has 0 aliphatic carbocycles. The Balaban J connectivity index is 2.30. The molecule has 0 saturated heterocycles. The van der Waals surface area contributed by atoms with Gasteiger partial charge in [0.2, 0.25) is 21.7 Å². The molecule has 0 fully saturated rings. The number of ether oxygens (including phenoxy) is 3. The summed E-state index contributed by atoms with van der Waals surface area (Å²) in [5, 5.41) is 2.79. The van der Waals surface area contributed by atoms with Crippen LogP contribution in [0.15, 0.2) is 40.1 Å². The lowest BCUT2D eigenvalue weighted by atomic mass is 10.2. The van der Waals surface area contributed by atoms with Crippen molar-refractivity contribution in [3.05, 3.63) is 35.9 Å². The third-order valence-corrected chi connectivity index (χ3v) is 6.65. The standard InChI is InChI=1S/C21H28N2O6S2/c1-13(2)21(24)23-16-11-15(7-8-19(16)30-6)31(25,26)22-12-14-9-17(27-3)20(29-5)18(10-14)28-4/h7-11,13,22H,12H2,1-6H3,(H,23,24). The van der Waals surface area contributed by atoms with Crippen LogP contribution in [0.3, 0.4) is 0 Å². The first-order chi connectivity index (χ1) is 14.7. The van der Waals surface area contributed by atoms with Crippen LogP contribution >= 0.6 is 11.8 Å². The molecule has 2 aromatic rings. The molecular formula is C21H28N2O6S2. The quantitative estimate of drug-likeness (QED) is 0.514. The van der Waals surface area contributed by atoms with Crippen LogP contribution in [0.4, 0.5) is 5.69 Å². The Morgan fingerprint density at radius 2 is 1.65 bits per heavy atom. The number of anilines is 1. The fraction of sp³-hybridized carbons (Fsp3) is 0.381. The van der Waals surface area contributed by atoms with Crippen LogP contribution in [0.5, 0.6) is 17.2 Å². The van der Waals surface area contributed by atoms with E-state index in [4.69, 9.17) is 14.2 Å². The average Bonchev–Trinajstić information content (AvgIpc) is 2.76. The Bertz CT molecular complexity index is 1010. The molecule has 10 heteroatoms. The summed E-state index contributed by atoms with van der Waals surface area (Å²) < 4.78 is 44.3. The number of methoxy groups -OCH3 is 3. The summed E-state index contributed by atoms with van der Waals surface area (Å²) in [5.41, 5.74) is 1.09. The van der Waals surface area contributed by atoms with Gasteiger partial charge in [-0.05, 0) is 42.2 Å². The molecule has 2 aromatic carbocycles. The maximum Gasteiger partial charge on any atom is 0.240 e. The molecule has 0 unspecified atom stereocenters. The first-order valence-corrected chi connectivity index (χ1v) is 12.1. The van der Waals surface area contributed by atoms with E-state index in [1.807, 2.05) is 6.26 Å².